The maximum Gasteiger partial charge on any atom is 0.358 e. The summed E-state index contributed by atoms with van der Waals surface area (Å²) >= 11 is 0. The van der Waals surface area contributed by atoms with Crippen molar-refractivity contribution in [1.29, 1.82) is 0 Å². The number of rotatable bonds is 4. The van der Waals surface area contributed by atoms with Crippen LogP contribution in [0.5, 0.6) is 11.5 Å². The van der Waals surface area contributed by atoms with Crippen LogP contribution in [0.4, 0.5) is 5.69 Å². The summed E-state index contributed by atoms with van der Waals surface area (Å²) in [6.45, 7) is 0. The summed E-state index contributed by atoms with van der Waals surface area (Å²) in [5, 5.41) is 19.4. The van der Waals surface area contributed by atoms with Crippen molar-refractivity contribution >= 4 is 11.7 Å². The summed E-state index contributed by atoms with van der Waals surface area (Å²) in [6, 6.07) is 8.30. The number of carboxylic acid groups (broad SMARTS) is 1. The number of ether oxygens (including phenoxy) is 1. The Kier molecular flexibility index (Phi) is 3.37. The zero-order chi connectivity index (χ0) is 13.8. The van der Waals surface area contributed by atoms with Crippen molar-refractivity contribution in [1.82, 2.24) is 4.98 Å². The third kappa shape index (κ3) is 2.83. The van der Waals surface area contributed by atoms with Gasteiger partial charge >= 0.3 is 5.97 Å². The largest absolute Gasteiger partial charge is 0.476 e. The standard InChI is InChI=1S/C12H8N2O5/c15-12(16)11-10(2-1-7-13-11)19-9-5-3-8(4-6-9)14(17)18/h1-7H,(H,15,16). The first-order valence-electron chi connectivity index (χ1n) is 5.18. The molecule has 1 heterocycles. The number of aromatic nitrogens is 1. The van der Waals surface area contributed by atoms with Gasteiger partial charge in [-0.15, -0.1) is 0 Å². The smallest absolute Gasteiger partial charge is 0.358 e. The van der Waals surface area contributed by atoms with E-state index in [1.165, 1.54) is 42.6 Å². The average Bonchev–Trinajstić information content (AvgIpc) is 2.39. The Balaban J connectivity index is 2.26. The summed E-state index contributed by atoms with van der Waals surface area (Å²) < 4.78 is 5.34. The molecule has 96 valence electrons. The zero-order valence-electron chi connectivity index (χ0n) is 9.52. The van der Waals surface area contributed by atoms with Crippen LogP contribution in [-0.2, 0) is 0 Å². The number of benzene rings is 1. The number of carbonyl (C=O) groups is 1. The van der Waals surface area contributed by atoms with Crippen LogP contribution in [0.2, 0.25) is 0 Å². The van der Waals surface area contributed by atoms with Gasteiger partial charge in [0.2, 0.25) is 0 Å². The van der Waals surface area contributed by atoms with Gasteiger partial charge in [0, 0.05) is 18.3 Å². The van der Waals surface area contributed by atoms with Gasteiger partial charge in [-0.25, -0.2) is 9.78 Å². The molecule has 0 atom stereocenters. The Morgan fingerprint density at radius 1 is 1.26 bits per heavy atom. The fraction of sp³-hybridized carbons (Fsp3) is 0. The van der Waals surface area contributed by atoms with Gasteiger partial charge in [0.25, 0.3) is 5.69 Å². The van der Waals surface area contributed by atoms with Crippen LogP contribution in [0.25, 0.3) is 0 Å². The van der Waals surface area contributed by atoms with E-state index in [9.17, 15) is 14.9 Å². The lowest BCUT2D eigenvalue weighted by Crippen LogP contribution is -2.02. The second-order valence-electron chi connectivity index (χ2n) is 3.51. The van der Waals surface area contributed by atoms with E-state index >= 15 is 0 Å². The molecule has 0 saturated heterocycles. The average molecular weight is 260 g/mol. The van der Waals surface area contributed by atoms with E-state index < -0.39 is 10.9 Å². The minimum absolute atomic E-state index is 0.0722. The first kappa shape index (κ1) is 12.5. The van der Waals surface area contributed by atoms with E-state index in [0.717, 1.165) is 0 Å². The van der Waals surface area contributed by atoms with Crippen LogP contribution in [-0.4, -0.2) is 21.0 Å². The number of non-ortho nitro benzene ring substituents is 1. The first-order valence-corrected chi connectivity index (χ1v) is 5.18. The number of carboxylic acids is 1. The van der Waals surface area contributed by atoms with Gasteiger partial charge in [0.1, 0.15) is 5.75 Å². The Hall–Kier alpha value is -2.96. The molecule has 1 aromatic carbocycles. The molecular formula is C12H8N2O5. The summed E-state index contributed by atoms with van der Waals surface area (Å²) in [6.07, 6.45) is 1.34. The van der Waals surface area contributed by atoms with Crippen molar-refractivity contribution in [3.05, 3.63) is 58.4 Å². The van der Waals surface area contributed by atoms with Gasteiger partial charge in [0.05, 0.1) is 4.92 Å². The van der Waals surface area contributed by atoms with E-state index in [-0.39, 0.29) is 17.1 Å². The quantitative estimate of drug-likeness (QED) is 0.669. The number of hydrogen-bond donors (Lipinski definition) is 1. The van der Waals surface area contributed by atoms with Crippen molar-refractivity contribution < 1.29 is 19.6 Å². The molecule has 0 unspecified atom stereocenters. The molecule has 0 fully saturated rings. The molecular weight excluding hydrogens is 252 g/mol. The lowest BCUT2D eigenvalue weighted by molar-refractivity contribution is -0.384. The maximum absolute atomic E-state index is 10.9. The third-order valence-electron chi connectivity index (χ3n) is 2.25. The Bertz CT molecular complexity index is 624. The number of nitrogens with zero attached hydrogens (tertiary/aromatic N) is 2. The van der Waals surface area contributed by atoms with Gasteiger partial charge in [-0.2, -0.15) is 0 Å². The predicted molar refractivity (Wildman–Crippen MR) is 64.4 cm³/mol. The molecule has 0 aliphatic heterocycles. The molecule has 0 saturated carbocycles. The fourth-order valence-corrected chi connectivity index (χ4v) is 1.40. The highest BCUT2D eigenvalue weighted by atomic mass is 16.6. The van der Waals surface area contributed by atoms with Gasteiger partial charge < -0.3 is 9.84 Å². The summed E-state index contributed by atoms with van der Waals surface area (Å²) in [5.74, 6) is -0.845. The molecule has 7 heteroatoms. The van der Waals surface area contributed by atoms with Gasteiger partial charge in [-0.05, 0) is 24.3 Å². The number of nitro benzene ring substituents is 1. The van der Waals surface area contributed by atoms with Crippen molar-refractivity contribution in [3.63, 3.8) is 0 Å². The van der Waals surface area contributed by atoms with E-state index in [1.807, 2.05) is 0 Å². The number of aromatic carboxylic acids is 1. The van der Waals surface area contributed by atoms with Gasteiger partial charge in [-0.1, -0.05) is 0 Å². The molecule has 0 spiro atoms. The second kappa shape index (κ2) is 5.13. The van der Waals surface area contributed by atoms with Crippen LogP contribution in [0.15, 0.2) is 42.6 Å². The molecule has 0 bridgehead atoms. The van der Waals surface area contributed by atoms with E-state index in [1.54, 1.807) is 0 Å². The van der Waals surface area contributed by atoms with E-state index in [2.05, 4.69) is 4.98 Å². The monoisotopic (exact) mass is 260 g/mol. The minimum Gasteiger partial charge on any atom is -0.476 e. The Morgan fingerprint density at radius 3 is 2.53 bits per heavy atom. The van der Waals surface area contributed by atoms with Crippen LogP contribution >= 0.6 is 0 Å². The highest BCUT2D eigenvalue weighted by Gasteiger charge is 2.13. The topological polar surface area (TPSA) is 103 Å². The second-order valence-corrected chi connectivity index (χ2v) is 3.51. The summed E-state index contributed by atoms with van der Waals surface area (Å²) in [4.78, 5) is 24.6. The molecule has 1 aromatic heterocycles. The summed E-state index contributed by atoms with van der Waals surface area (Å²) in [5.41, 5.74) is -0.294. The van der Waals surface area contributed by atoms with Crippen molar-refractivity contribution in [2.45, 2.75) is 0 Å². The SMILES string of the molecule is O=C(O)c1ncccc1Oc1ccc([N+](=O)[O-])cc1. The third-order valence-corrected chi connectivity index (χ3v) is 2.25. The van der Waals surface area contributed by atoms with Crippen LogP contribution < -0.4 is 4.74 Å². The van der Waals surface area contributed by atoms with Crippen molar-refractivity contribution in [2.24, 2.45) is 0 Å². The molecule has 1 N–H and O–H groups in total. The number of nitro groups is 1. The normalized spacial score (nSPS) is 9.89. The molecule has 0 amide bonds. The predicted octanol–water partition coefficient (Wildman–Crippen LogP) is 2.48. The molecule has 2 aromatic rings. The molecule has 2 rings (SSSR count). The number of hydrogen-bond acceptors (Lipinski definition) is 5. The van der Waals surface area contributed by atoms with Crippen molar-refractivity contribution in [3.8, 4) is 11.5 Å². The molecule has 0 aliphatic rings. The minimum atomic E-state index is -1.21. The van der Waals surface area contributed by atoms with Crippen LogP contribution in [0.1, 0.15) is 10.5 Å². The van der Waals surface area contributed by atoms with Gasteiger partial charge in [0.15, 0.2) is 11.4 Å². The lowest BCUT2D eigenvalue weighted by atomic mass is 10.3. The van der Waals surface area contributed by atoms with Crippen molar-refractivity contribution in [2.75, 3.05) is 0 Å². The lowest BCUT2D eigenvalue weighted by Gasteiger charge is -2.07. The zero-order valence-corrected chi connectivity index (χ0v) is 9.52. The first-order chi connectivity index (χ1) is 9.08. The van der Waals surface area contributed by atoms with Crippen LogP contribution in [0, 0.1) is 10.1 Å². The highest BCUT2D eigenvalue weighted by molar-refractivity contribution is 5.88. The summed E-state index contributed by atoms with van der Waals surface area (Å²) in [7, 11) is 0. The highest BCUT2D eigenvalue weighted by Crippen LogP contribution is 2.25. The molecule has 0 aliphatic carbocycles. The fourth-order valence-electron chi connectivity index (χ4n) is 1.40. The molecule has 0 radical (unpaired) electrons. The van der Waals surface area contributed by atoms with E-state index in [0.29, 0.717) is 5.75 Å². The number of pyridine rings is 1. The Labute approximate surface area is 107 Å². The Morgan fingerprint density at radius 2 is 1.95 bits per heavy atom. The maximum atomic E-state index is 10.9. The molecule has 7 nitrogen and oxygen atoms in total. The molecule has 19 heavy (non-hydrogen) atoms. The van der Waals surface area contributed by atoms with Crippen LogP contribution in [0.3, 0.4) is 0 Å². The van der Waals surface area contributed by atoms with Gasteiger partial charge in [-0.3, -0.25) is 10.1 Å². The van der Waals surface area contributed by atoms with E-state index in [4.69, 9.17) is 9.84 Å².